The molecule has 0 aromatic carbocycles. The van der Waals surface area contributed by atoms with E-state index >= 15 is 0 Å². The van der Waals surface area contributed by atoms with E-state index in [1.54, 1.807) is 6.07 Å². The van der Waals surface area contributed by atoms with Crippen molar-refractivity contribution in [3.63, 3.8) is 0 Å². The molecule has 0 spiro atoms. The molecule has 0 bridgehead atoms. The van der Waals surface area contributed by atoms with E-state index in [4.69, 9.17) is 17.3 Å². The molecular formula is C7H5ClN4O. The molecule has 0 radical (unpaired) electrons. The van der Waals surface area contributed by atoms with Gasteiger partial charge in [-0.2, -0.15) is 0 Å². The monoisotopic (exact) mass is 196 g/mol. The normalized spacial score (nSPS) is 10.5. The highest BCUT2D eigenvalue weighted by atomic mass is 35.5. The molecule has 0 fully saturated rings. The second kappa shape index (κ2) is 2.70. The van der Waals surface area contributed by atoms with Crippen LogP contribution in [0.2, 0.25) is 5.15 Å². The van der Waals surface area contributed by atoms with Gasteiger partial charge in [-0.25, -0.2) is 14.8 Å². The molecule has 1 amide bonds. The first kappa shape index (κ1) is 8.00. The molecule has 0 saturated heterocycles. The van der Waals surface area contributed by atoms with Crippen molar-refractivity contribution < 1.29 is 4.79 Å². The van der Waals surface area contributed by atoms with E-state index in [2.05, 4.69) is 9.97 Å². The summed E-state index contributed by atoms with van der Waals surface area (Å²) in [4.78, 5) is 18.5. The number of aromatic nitrogens is 3. The third kappa shape index (κ3) is 1.13. The fourth-order valence-electron chi connectivity index (χ4n) is 1.10. The van der Waals surface area contributed by atoms with E-state index in [-0.39, 0.29) is 0 Å². The topological polar surface area (TPSA) is 73.8 Å². The zero-order valence-corrected chi connectivity index (χ0v) is 7.19. The minimum Gasteiger partial charge on any atom is -0.351 e. The zero-order valence-electron chi connectivity index (χ0n) is 6.44. The predicted molar refractivity (Wildman–Crippen MR) is 47.5 cm³/mol. The summed E-state index contributed by atoms with van der Waals surface area (Å²) >= 11 is 5.76. The lowest BCUT2D eigenvalue weighted by molar-refractivity contribution is 0.251. The first-order valence-corrected chi connectivity index (χ1v) is 3.85. The molecule has 6 heteroatoms. The number of rotatable bonds is 0. The number of carbonyl (C=O) groups excluding carboxylic acids is 1. The van der Waals surface area contributed by atoms with Gasteiger partial charge < -0.3 is 5.73 Å². The summed E-state index contributed by atoms with van der Waals surface area (Å²) in [7, 11) is 0. The van der Waals surface area contributed by atoms with Gasteiger partial charge in [0.15, 0.2) is 5.65 Å². The number of nitrogens with zero attached hydrogens (tertiary/aromatic N) is 3. The number of halogens is 1. The summed E-state index contributed by atoms with van der Waals surface area (Å²) in [5, 5.41) is 0.924. The fourth-order valence-corrected chi connectivity index (χ4v) is 1.29. The Morgan fingerprint density at radius 2 is 2.31 bits per heavy atom. The predicted octanol–water partition coefficient (Wildman–Crippen LogP) is 1.01. The maximum atomic E-state index is 10.9. The van der Waals surface area contributed by atoms with Crippen LogP contribution in [-0.2, 0) is 0 Å². The Bertz CT molecular complexity index is 478. The molecule has 0 aliphatic rings. The van der Waals surface area contributed by atoms with Crippen molar-refractivity contribution >= 4 is 28.7 Å². The molecule has 0 aliphatic carbocycles. The lowest BCUT2D eigenvalue weighted by Gasteiger charge is -1.96. The average molecular weight is 197 g/mol. The van der Waals surface area contributed by atoms with Crippen LogP contribution in [0.4, 0.5) is 4.79 Å². The first-order valence-electron chi connectivity index (χ1n) is 3.47. The largest absolute Gasteiger partial charge is 0.351 e. The van der Waals surface area contributed by atoms with Crippen molar-refractivity contribution in [2.45, 2.75) is 0 Å². The van der Waals surface area contributed by atoms with Crippen molar-refractivity contribution in [3.05, 3.63) is 23.7 Å². The zero-order chi connectivity index (χ0) is 9.42. The third-order valence-electron chi connectivity index (χ3n) is 1.67. The molecule has 2 rings (SSSR count). The standard InChI is InChI=1S/C7H5ClN4O/c8-5-4-1-2-12(7(9)13)6(4)11-3-10-5/h1-3H,(H2,9,13). The second-order valence-corrected chi connectivity index (χ2v) is 2.78. The van der Waals surface area contributed by atoms with Crippen LogP contribution in [0.1, 0.15) is 0 Å². The molecule has 2 N–H and O–H groups in total. The van der Waals surface area contributed by atoms with Gasteiger partial charge in [0, 0.05) is 6.20 Å². The highest BCUT2D eigenvalue weighted by Gasteiger charge is 2.08. The van der Waals surface area contributed by atoms with E-state index < -0.39 is 6.03 Å². The van der Waals surface area contributed by atoms with Crippen LogP contribution in [0.3, 0.4) is 0 Å². The van der Waals surface area contributed by atoms with Crippen LogP contribution in [-0.4, -0.2) is 20.6 Å². The van der Waals surface area contributed by atoms with Crippen LogP contribution in [0, 0.1) is 0 Å². The number of amides is 1. The highest BCUT2D eigenvalue weighted by molar-refractivity contribution is 6.34. The van der Waals surface area contributed by atoms with Crippen molar-refractivity contribution in [1.82, 2.24) is 14.5 Å². The molecular weight excluding hydrogens is 192 g/mol. The van der Waals surface area contributed by atoms with Crippen LogP contribution >= 0.6 is 11.6 Å². The van der Waals surface area contributed by atoms with Crippen molar-refractivity contribution in [1.29, 1.82) is 0 Å². The molecule has 13 heavy (non-hydrogen) atoms. The Morgan fingerprint density at radius 3 is 3.00 bits per heavy atom. The highest BCUT2D eigenvalue weighted by Crippen LogP contribution is 2.19. The van der Waals surface area contributed by atoms with E-state index in [1.807, 2.05) is 0 Å². The summed E-state index contributed by atoms with van der Waals surface area (Å²) in [6.07, 6.45) is 2.79. The molecule has 5 nitrogen and oxygen atoms in total. The SMILES string of the molecule is NC(=O)n1ccc2c(Cl)ncnc21. The minimum atomic E-state index is -0.593. The molecule has 0 aliphatic heterocycles. The van der Waals surface area contributed by atoms with Gasteiger partial charge >= 0.3 is 6.03 Å². The number of carbonyl (C=O) groups is 1. The van der Waals surface area contributed by atoms with Gasteiger partial charge in [0.1, 0.15) is 11.5 Å². The average Bonchev–Trinajstić information content (AvgIpc) is 2.48. The van der Waals surface area contributed by atoms with Gasteiger partial charge in [-0.3, -0.25) is 4.57 Å². The van der Waals surface area contributed by atoms with E-state index in [0.29, 0.717) is 16.2 Å². The third-order valence-corrected chi connectivity index (χ3v) is 1.97. The lowest BCUT2D eigenvalue weighted by Crippen LogP contribution is -2.18. The Balaban J connectivity index is 2.83. The number of primary amides is 1. The number of nitrogens with two attached hydrogens (primary N) is 1. The van der Waals surface area contributed by atoms with Gasteiger partial charge in [-0.05, 0) is 6.07 Å². The maximum absolute atomic E-state index is 10.9. The van der Waals surface area contributed by atoms with E-state index in [9.17, 15) is 4.79 Å². The molecule has 0 saturated carbocycles. The van der Waals surface area contributed by atoms with Gasteiger partial charge in [0.2, 0.25) is 0 Å². The Hall–Kier alpha value is -1.62. The number of hydrogen-bond acceptors (Lipinski definition) is 3. The van der Waals surface area contributed by atoms with E-state index in [1.165, 1.54) is 17.1 Å². The first-order chi connectivity index (χ1) is 6.20. The van der Waals surface area contributed by atoms with Crippen LogP contribution in [0.5, 0.6) is 0 Å². The molecule has 2 aromatic heterocycles. The molecule has 2 heterocycles. The van der Waals surface area contributed by atoms with Crippen LogP contribution < -0.4 is 5.73 Å². The second-order valence-electron chi connectivity index (χ2n) is 2.43. The van der Waals surface area contributed by atoms with Gasteiger partial charge in [-0.1, -0.05) is 11.6 Å². The molecule has 66 valence electrons. The molecule has 0 unspecified atom stereocenters. The number of fused-ring (bicyclic) bond motifs is 1. The summed E-state index contributed by atoms with van der Waals surface area (Å²) in [5.41, 5.74) is 5.52. The fraction of sp³-hybridized carbons (Fsp3) is 0. The van der Waals surface area contributed by atoms with E-state index in [0.717, 1.165) is 0 Å². The lowest BCUT2D eigenvalue weighted by atomic mass is 10.4. The van der Waals surface area contributed by atoms with Crippen LogP contribution in [0.15, 0.2) is 18.6 Å². The summed E-state index contributed by atoms with van der Waals surface area (Å²) in [5.74, 6) is 0. The number of hydrogen-bond donors (Lipinski definition) is 1. The Kier molecular flexibility index (Phi) is 1.66. The Morgan fingerprint density at radius 1 is 1.54 bits per heavy atom. The molecule has 0 atom stereocenters. The van der Waals surface area contributed by atoms with Gasteiger partial charge in [-0.15, -0.1) is 0 Å². The van der Waals surface area contributed by atoms with Gasteiger partial charge in [0.25, 0.3) is 0 Å². The summed E-state index contributed by atoms with van der Waals surface area (Å²) in [6, 6.07) is 1.05. The summed E-state index contributed by atoms with van der Waals surface area (Å²) < 4.78 is 1.21. The maximum Gasteiger partial charge on any atom is 0.324 e. The van der Waals surface area contributed by atoms with Crippen molar-refractivity contribution in [2.24, 2.45) is 5.73 Å². The smallest absolute Gasteiger partial charge is 0.324 e. The van der Waals surface area contributed by atoms with Crippen molar-refractivity contribution in [3.8, 4) is 0 Å². The molecule has 2 aromatic rings. The quantitative estimate of drug-likeness (QED) is 0.639. The Labute approximate surface area is 78.1 Å². The van der Waals surface area contributed by atoms with Crippen molar-refractivity contribution in [2.75, 3.05) is 0 Å². The van der Waals surface area contributed by atoms with Gasteiger partial charge in [0.05, 0.1) is 5.39 Å². The van der Waals surface area contributed by atoms with Crippen LogP contribution in [0.25, 0.3) is 11.0 Å². The minimum absolute atomic E-state index is 0.310. The summed E-state index contributed by atoms with van der Waals surface area (Å²) in [6.45, 7) is 0.